The van der Waals surface area contributed by atoms with Gasteiger partial charge in [-0.25, -0.2) is 18.7 Å². The lowest BCUT2D eigenvalue weighted by molar-refractivity contribution is 0.280. The second-order valence-electron chi connectivity index (χ2n) is 10.8. The van der Waals surface area contributed by atoms with E-state index in [0.29, 0.717) is 36.6 Å². The summed E-state index contributed by atoms with van der Waals surface area (Å²) in [7, 11) is 0. The van der Waals surface area contributed by atoms with Gasteiger partial charge in [0.25, 0.3) is 0 Å². The van der Waals surface area contributed by atoms with E-state index in [1.807, 2.05) is 76.2 Å². The van der Waals surface area contributed by atoms with Crippen LogP contribution in [0.5, 0.6) is 12.0 Å². The van der Waals surface area contributed by atoms with Crippen LogP contribution >= 0.6 is 24.0 Å². The van der Waals surface area contributed by atoms with E-state index in [2.05, 4.69) is 47.8 Å². The van der Waals surface area contributed by atoms with Crippen molar-refractivity contribution in [2.45, 2.75) is 67.1 Å². The largest absolute Gasteiger partial charge is 0.459 e. The minimum absolute atomic E-state index is 0.00694. The van der Waals surface area contributed by atoms with Crippen molar-refractivity contribution < 1.29 is 18.3 Å². The van der Waals surface area contributed by atoms with Gasteiger partial charge >= 0.3 is 12.0 Å². The summed E-state index contributed by atoms with van der Waals surface area (Å²) in [4.78, 5) is 20.3. The average Bonchev–Trinajstić information content (AvgIpc) is 3.10. The molecule has 49 heavy (non-hydrogen) atoms. The highest BCUT2D eigenvalue weighted by Gasteiger charge is 2.12. The molecule has 0 fully saturated rings. The topological polar surface area (TPSA) is 118 Å². The average molecular weight is 711 g/mol. The number of benzene rings is 2. The van der Waals surface area contributed by atoms with Gasteiger partial charge in [0.1, 0.15) is 13.2 Å². The number of nitrogens with one attached hydrogen (secondary N) is 3. The predicted octanol–water partition coefficient (Wildman–Crippen LogP) is 8.02. The number of amidine groups is 1. The van der Waals surface area contributed by atoms with Crippen LogP contribution in [-0.4, -0.2) is 49.1 Å². The van der Waals surface area contributed by atoms with Gasteiger partial charge in [-0.1, -0.05) is 92.2 Å². The zero-order chi connectivity index (χ0) is 35.4. The van der Waals surface area contributed by atoms with Crippen LogP contribution in [0.25, 0.3) is 0 Å². The van der Waals surface area contributed by atoms with Gasteiger partial charge < -0.3 is 25.4 Å². The van der Waals surface area contributed by atoms with Crippen molar-refractivity contribution in [2.24, 2.45) is 4.99 Å². The molecular weight excluding hydrogens is 667 g/mol. The second-order valence-corrected chi connectivity index (χ2v) is 12.3. The molecule has 0 atom stereocenters. The van der Waals surface area contributed by atoms with Crippen molar-refractivity contribution in [3.05, 3.63) is 94.8 Å². The van der Waals surface area contributed by atoms with Crippen molar-refractivity contribution in [1.82, 2.24) is 25.3 Å². The van der Waals surface area contributed by atoms with Gasteiger partial charge in [-0.05, 0) is 56.5 Å². The van der Waals surface area contributed by atoms with E-state index in [9.17, 15) is 8.78 Å². The minimum atomic E-state index is -0.590. The summed E-state index contributed by atoms with van der Waals surface area (Å²) >= 11 is 6.62. The molecule has 0 aliphatic rings. The van der Waals surface area contributed by atoms with Crippen molar-refractivity contribution in [2.75, 3.05) is 29.5 Å². The Bertz CT molecular complexity index is 1630. The molecular formula is C35H44F2N8O2S2. The highest BCUT2D eigenvalue weighted by atomic mass is 32.2. The number of aryl methyl sites for hydroxylation is 2. The Balaban J connectivity index is 0.000000267. The van der Waals surface area contributed by atoms with E-state index < -0.39 is 11.6 Å². The number of aromatic nitrogens is 4. The SMILES string of the molecule is CCCN=C(Nc1nc(OCc2ccc(C)cc2)ncc1F)SCCC.CCCNC(=S)Nc1nc(OCc2ccc(C)cc2)ncc1F. The van der Waals surface area contributed by atoms with E-state index in [1.165, 1.54) is 11.1 Å². The fourth-order valence-corrected chi connectivity index (χ4v) is 4.65. The Kier molecular flexibility index (Phi) is 17.1. The minimum Gasteiger partial charge on any atom is -0.459 e. The van der Waals surface area contributed by atoms with Gasteiger partial charge in [-0.3, -0.25) is 4.99 Å². The van der Waals surface area contributed by atoms with Gasteiger partial charge in [0.2, 0.25) is 0 Å². The number of rotatable bonds is 14. The number of ether oxygens (including phenoxy) is 2. The molecule has 10 nitrogen and oxygen atoms in total. The molecule has 0 radical (unpaired) electrons. The van der Waals surface area contributed by atoms with Crippen LogP contribution in [0.15, 0.2) is 65.9 Å². The molecule has 4 rings (SSSR count). The summed E-state index contributed by atoms with van der Waals surface area (Å²) in [5.74, 6) is -0.147. The number of hydrogen-bond acceptors (Lipinski definition) is 9. The molecule has 4 aromatic rings. The lowest BCUT2D eigenvalue weighted by Crippen LogP contribution is -2.29. The second kappa shape index (κ2) is 21.5. The van der Waals surface area contributed by atoms with Crippen molar-refractivity contribution >= 4 is 45.9 Å². The third-order valence-corrected chi connectivity index (χ3v) is 7.70. The highest BCUT2D eigenvalue weighted by molar-refractivity contribution is 8.14. The Labute approximate surface area is 297 Å². The molecule has 0 saturated carbocycles. The van der Waals surface area contributed by atoms with E-state index in [0.717, 1.165) is 48.5 Å². The summed E-state index contributed by atoms with van der Waals surface area (Å²) in [5.41, 5.74) is 4.34. The summed E-state index contributed by atoms with van der Waals surface area (Å²) in [6.45, 7) is 12.2. The van der Waals surface area contributed by atoms with Gasteiger partial charge in [0.05, 0.1) is 12.4 Å². The van der Waals surface area contributed by atoms with Crippen LogP contribution in [-0.2, 0) is 13.2 Å². The molecule has 0 aliphatic heterocycles. The molecule has 2 aromatic carbocycles. The van der Waals surface area contributed by atoms with E-state index in [-0.39, 0.29) is 23.7 Å². The van der Waals surface area contributed by atoms with E-state index in [4.69, 9.17) is 21.7 Å². The first-order valence-corrected chi connectivity index (χ1v) is 17.5. The molecule has 0 aliphatic carbocycles. The lowest BCUT2D eigenvalue weighted by Gasteiger charge is -2.11. The fraction of sp³-hybridized carbons (Fsp3) is 0.371. The number of aliphatic imine (C=N–C) groups is 1. The molecule has 0 saturated heterocycles. The van der Waals surface area contributed by atoms with Crippen LogP contribution in [0.3, 0.4) is 0 Å². The van der Waals surface area contributed by atoms with Crippen molar-refractivity contribution in [1.29, 1.82) is 0 Å². The zero-order valence-corrected chi connectivity index (χ0v) is 30.2. The van der Waals surface area contributed by atoms with Gasteiger partial charge in [0, 0.05) is 18.8 Å². The van der Waals surface area contributed by atoms with Crippen LogP contribution in [0.4, 0.5) is 20.4 Å². The maximum absolute atomic E-state index is 14.1. The normalized spacial score (nSPS) is 10.9. The Hall–Kier alpha value is -4.43. The van der Waals surface area contributed by atoms with Crippen LogP contribution in [0.1, 0.15) is 62.3 Å². The van der Waals surface area contributed by atoms with Crippen LogP contribution < -0.4 is 25.4 Å². The monoisotopic (exact) mass is 710 g/mol. The third-order valence-electron chi connectivity index (χ3n) is 6.34. The summed E-state index contributed by atoms with van der Waals surface area (Å²) in [6.07, 6.45) is 5.02. The van der Waals surface area contributed by atoms with Crippen LogP contribution in [0.2, 0.25) is 0 Å². The molecule has 0 amide bonds. The quantitative estimate of drug-likeness (QED) is 0.0671. The fourth-order valence-electron chi connectivity index (χ4n) is 3.71. The summed E-state index contributed by atoms with van der Waals surface area (Å²) in [5, 5.41) is 9.59. The Morgan fingerprint density at radius 3 is 1.73 bits per heavy atom. The number of hydrogen-bond donors (Lipinski definition) is 3. The summed E-state index contributed by atoms with van der Waals surface area (Å²) in [6, 6.07) is 16.1. The number of halogens is 2. The maximum Gasteiger partial charge on any atom is 0.318 e. The summed E-state index contributed by atoms with van der Waals surface area (Å²) < 4.78 is 38.9. The highest BCUT2D eigenvalue weighted by Crippen LogP contribution is 2.18. The first-order valence-electron chi connectivity index (χ1n) is 16.1. The molecule has 0 unspecified atom stereocenters. The zero-order valence-electron chi connectivity index (χ0n) is 28.6. The smallest absolute Gasteiger partial charge is 0.318 e. The maximum atomic E-state index is 14.1. The molecule has 2 aromatic heterocycles. The lowest BCUT2D eigenvalue weighted by atomic mass is 10.2. The van der Waals surface area contributed by atoms with Crippen molar-refractivity contribution in [3.63, 3.8) is 0 Å². The molecule has 2 heterocycles. The molecule has 0 bridgehead atoms. The number of anilines is 2. The Morgan fingerprint density at radius 1 is 0.755 bits per heavy atom. The van der Waals surface area contributed by atoms with Crippen LogP contribution in [0, 0.1) is 25.5 Å². The van der Waals surface area contributed by atoms with E-state index in [1.54, 1.807) is 11.8 Å². The van der Waals surface area contributed by atoms with Gasteiger partial charge in [0.15, 0.2) is 33.6 Å². The van der Waals surface area contributed by atoms with E-state index >= 15 is 0 Å². The molecule has 3 N–H and O–H groups in total. The standard InChI is InChI=1S/C19H25FN4OS.C16H19FN4OS/c1-4-10-21-19(26-11-5-2)24-17-16(20)12-22-18(23-17)25-13-15-8-6-14(3)7-9-15;1-3-8-18-16(23)21-14-13(17)9-19-15(20-14)22-10-12-6-4-11(2)5-7-12/h6-9,12H,4-5,10-11,13H2,1-3H3,(H,21,22,23,24);4-7,9H,3,8,10H2,1-2H3,(H2,18,19,20,21,23). The van der Waals surface area contributed by atoms with Crippen molar-refractivity contribution in [3.8, 4) is 12.0 Å². The molecule has 0 spiro atoms. The predicted molar refractivity (Wildman–Crippen MR) is 198 cm³/mol. The number of thioether (sulfide) groups is 1. The number of thiocarbonyl (C=S) groups is 1. The first-order chi connectivity index (χ1) is 23.7. The molecule has 14 heteroatoms. The third kappa shape index (κ3) is 14.7. The van der Waals surface area contributed by atoms with Gasteiger partial charge in [-0.15, -0.1) is 0 Å². The van der Waals surface area contributed by atoms with Gasteiger partial charge in [-0.2, -0.15) is 9.97 Å². The number of nitrogens with zero attached hydrogens (tertiary/aromatic N) is 5. The molecule has 262 valence electrons. The first kappa shape index (κ1) is 39.0. The Morgan fingerprint density at radius 2 is 1.27 bits per heavy atom.